The minimum atomic E-state index is -1.01. The molecule has 152 valence electrons. The molecular weight excluding hydrogens is 380 g/mol. The SMILES string of the molecule is COC(=O)C1CN(c2ccc3c(c2)C(=O)N(C2CCC(=O)NC2=O)C3=O)CC1N. The van der Waals surface area contributed by atoms with Gasteiger partial charge in [-0.15, -0.1) is 0 Å². The molecule has 2 fully saturated rings. The lowest BCUT2D eigenvalue weighted by atomic mass is 10.0. The second kappa shape index (κ2) is 6.96. The highest BCUT2D eigenvalue weighted by atomic mass is 16.5. The van der Waals surface area contributed by atoms with E-state index in [0.717, 1.165) is 4.90 Å². The van der Waals surface area contributed by atoms with Crippen LogP contribution in [0.5, 0.6) is 0 Å². The molecule has 0 aliphatic carbocycles. The van der Waals surface area contributed by atoms with Crippen LogP contribution in [0.25, 0.3) is 0 Å². The third kappa shape index (κ3) is 3.05. The normalized spacial score (nSPS) is 26.6. The summed E-state index contributed by atoms with van der Waals surface area (Å²) in [6.45, 7) is 0.739. The summed E-state index contributed by atoms with van der Waals surface area (Å²) >= 11 is 0. The van der Waals surface area contributed by atoms with E-state index in [4.69, 9.17) is 10.5 Å². The van der Waals surface area contributed by atoms with E-state index in [9.17, 15) is 24.0 Å². The van der Waals surface area contributed by atoms with Crippen molar-refractivity contribution in [2.75, 3.05) is 25.1 Å². The molecule has 3 unspecified atom stereocenters. The van der Waals surface area contributed by atoms with Crippen molar-refractivity contribution in [2.45, 2.75) is 24.9 Å². The standard InChI is InChI=1S/C19H20N4O6/c1-29-19(28)12-7-22(8-13(12)20)9-2-3-10-11(6-9)18(27)23(17(10)26)14-4-5-15(24)21-16(14)25/h2-3,6,12-14H,4-5,7-8,20H2,1H3,(H,21,24,25). The number of esters is 1. The number of nitrogens with zero attached hydrogens (tertiary/aromatic N) is 2. The molecule has 4 rings (SSSR count). The third-order valence-electron chi connectivity index (χ3n) is 5.66. The number of anilines is 1. The van der Waals surface area contributed by atoms with E-state index in [1.807, 2.05) is 4.90 Å². The van der Waals surface area contributed by atoms with Gasteiger partial charge in [-0.3, -0.25) is 34.2 Å². The van der Waals surface area contributed by atoms with Gasteiger partial charge in [-0.05, 0) is 24.6 Å². The summed E-state index contributed by atoms with van der Waals surface area (Å²) in [7, 11) is 1.31. The van der Waals surface area contributed by atoms with E-state index in [0.29, 0.717) is 18.8 Å². The molecule has 10 nitrogen and oxygen atoms in total. The molecule has 0 aromatic heterocycles. The number of rotatable bonds is 3. The van der Waals surface area contributed by atoms with Gasteiger partial charge in [0.15, 0.2) is 0 Å². The zero-order valence-corrected chi connectivity index (χ0v) is 15.7. The number of hydrogen-bond donors (Lipinski definition) is 2. The van der Waals surface area contributed by atoms with Crippen LogP contribution in [0.4, 0.5) is 5.69 Å². The number of amides is 4. The summed E-state index contributed by atoms with van der Waals surface area (Å²) in [6.07, 6.45) is 0.167. The molecule has 0 spiro atoms. The molecule has 3 N–H and O–H groups in total. The molecule has 3 heterocycles. The molecule has 1 aromatic carbocycles. The van der Waals surface area contributed by atoms with Crippen molar-refractivity contribution < 1.29 is 28.7 Å². The second-order valence-electron chi connectivity index (χ2n) is 7.38. The molecule has 3 aliphatic rings. The molecule has 29 heavy (non-hydrogen) atoms. The molecule has 0 bridgehead atoms. The lowest BCUT2D eigenvalue weighted by molar-refractivity contribution is -0.145. The number of nitrogens with one attached hydrogen (secondary N) is 1. The Hall–Kier alpha value is -3.27. The zero-order valence-electron chi connectivity index (χ0n) is 15.7. The van der Waals surface area contributed by atoms with Crippen LogP contribution < -0.4 is 16.0 Å². The van der Waals surface area contributed by atoms with Crippen LogP contribution in [-0.4, -0.2) is 66.8 Å². The fraction of sp³-hybridized carbons (Fsp3) is 0.421. The molecule has 4 amide bonds. The van der Waals surface area contributed by atoms with Gasteiger partial charge in [-0.2, -0.15) is 0 Å². The van der Waals surface area contributed by atoms with Gasteiger partial charge in [0, 0.05) is 31.2 Å². The predicted octanol–water partition coefficient (Wildman–Crippen LogP) is -0.976. The fourth-order valence-corrected chi connectivity index (χ4v) is 4.10. The first-order chi connectivity index (χ1) is 13.8. The van der Waals surface area contributed by atoms with Gasteiger partial charge in [-0.25, -0.2) is 0 Å². The van der Waals surface area contributed by atoms with Gasteiger partial charge in [0.1, 0.15) is 6.04 Å². The van der Waals surface area contributed by atoms with E-state index in [1.54, 1.807) is 12.1 Å². The Morgan fingerprint density at radius 1 is 1.14 bits per heavy atom. The number of carbonyl (C=O) groups is 5. The van der Waals surface area contributed by atoms with Gasteiger partial charge >= 0.3 is 5.97 Å². The van der Waals surface area contributed by atoms with Crippen molar-refractivity contribution in [3.05, 3.63) is 29.3 Å². The maximum Gasteiger partial charge on any atom is 0.312 e. The Balaban J connectivity index is 1.59. The number of methoxy groups -OCH3 is 1. The summed E-state index contributed by atoms with van der Waals surface area (Å²) in [5, 5.41) is 2.17. The second-order valence-corrected chi connectivity index (χ2v) is 7.38. The van der Waals surface area contributed by atoms with Gasteiger partial charge in [0.05, 0.1) is 24.2 Å². The van der Waals surface area contributed by atoms with Crippen molar-refractivity contribution in [1.82, 2.24) is 10.2 Å². The lowest BCUT2D eigenvalue weighted by Crippen LogP contribution is -2.54. The largest absolute Gasteiger partial charge is 0.469 e. The number of imide groups is 2. The van der Waals surface area contributed by atoms with E-state index in [1.165, 1.54) is 13.2 Å². The topological polar surface area (TPSA) is 139 Å². The summed E-state index contributed by atoms with van der Waals surface area (Å²) < 4.78 is 4.78. The molecule has 3 aliphatic heterocycles. The number of nitrogens with two attached hydrogens (primary N) is 1. The highest BCUT2D eigenvalue weighted by Crippen LogP contribution is 2.32. The summed E-state index contributed by atoms with van der Waals surface area (Å²) in [5.41, 5.74) is 7.09. The monoisotopic (exact) mass is 400 g/mol. The Morgan fingerprint density at radius 2 is 1.86 bits per heavy atom. The minimum absolute atomic E-state index is 0.0651. The Kier molecular flexibility index (Phi) is 4.58. The number of piperidine rings is 1. The van der Waals surface area contributed by atoms with Crippen molar-refractivity contribution in [2.24, 2.45) is 11.7 Å². The van der Waals surface area contributed by atoms with Crippen molar-refractivity contribution in [1.29, 1.82) is 0 Å². The van der Waals surface area contributed by atoms with Gasteiger partial charge < -0.3 is 15.4 Å². The number of ether oxygens (including phenoxy) is 1. The highest BCUT2D eigenvalue weighted by molar-refractivity contribution is 6.23. The van der Waals surface area contributed by atoms with Crippen molar-refractivity contribution in [3.63, 3.8) is 0 Å². The fourth-order valence-electron chi connectivity index (χ4n) is 4.10. The number of fused-ring (bicyclic) bond motifs is 1. The van der Waals surface area contributed by atoms with Crippen LogP contribution in [0.15, 0.2) is 18.2 Å². The van der Waals surface area contributed by atoms with Crippen LogP contribution in [0, 0.1) is 5.92 Å². The van der Waals surface area contributed by atoms with E-state index in [2.05, 4.69) is 5.32 Å². The lowest BCUT2D eigenvalue weighted by Gasteiger charge is -2.27. The Labute approximate surface area is 165 Å². The smallest absolute Gasteiger partial charge is 0.312 e. The number of carbonyl (C=O) groups excluding carboxylic acids is 5. The van der Waals surface area contributed by atoms with E-state index >= 15 is 0 Å². The summed E-state index contributed by atoms with van der Waals surface area (Å²) in [6, 6.07) is 3.38. The summed E-state index contributed by atoms with van der Waals surface area (Å²) in [4.78, 5) is 63.8. The molecule has 0 saturated carbocycles. The van der Waals surface area contributed by atoms with Crippen LogP contribution >= 0.6 is 0 Å². The van der Waals surface area contributed by atoms with Crippen LogP contribution in [0.3, 0.4) is 0 Å². The average molecular weight is 400 g/mol. The Bertz CT molecular complexity index is 945. The average Bonchev–Trinajstić information content (AvgIpc) is 3.20. The van der Waals surface area contributed by atoms with Crippen LogP contribution in [0.2, 0.25) is 0 Å². The third-order valence-corrected chi connectivity index (χ3v) is 5.66. The molecule has 0 radical (unpaired) electrons. The van der Waals surface area contributed by atoms with Crippen molar-refractivity contribution >= 4 is 35.3 Å². The maximum absolute atomic E-state index is 12.9. The minimum Gasteiger partial charge on any atom is -0.469 e. The van der Waals surface area contributed by atoms with Gasteiger partial charge in [-0.1, -0.05) is 0 Å². The van der Waals surface area contributed by atoms with Crippen molar-refractivity contribution in [3.8, 4) is 0 Å². The molecule has 3 atom stereocenters. The van der Waals surface area contributed by atoms with E-state index < -0.39 is 47.6 Å². The molecule has 10 heteroatoms. The predicted molar refractivity (Wildman–Crippen MR) is 98.8 cm³/mol. The maximum atomic E-state index is 12.9. The highest BCUT2D eigenvalue weighted by Gasteiger charge is 2.45. The summed E-state index contributed by atoms with van der Waals surface area (Å²) in [5.74, 6) is -3.08. The first-order valence-electron chi connectivity index (χ1n) is 9.25. The van der Waals surface area contributed by atoms with E-state index in [-0.39, 0.29) is 24.0 Å². The van der Waals surface area contributed by atoms with Gasteiger partial charge in [0.2, 0.25) is 11.8 Å². The quantitative estimate of drug-likeness (QED) is 0.488. The van der Waals surface area contributed by atoms with Gasteiger partial charge in [0.25, 0.3) is 11.8 Å². The van der Waals surface area contributed by atoms with Crippen LogP contribution in [0.1, 0.15) is 33.6 Å². The molecular formula is C19H20N4O6. The number of benzene rings is 1. The van der Waals surface area contributed by atoms with Crippen LogP contribution in [-0.2, 0) is 19.1 Å². The molecule has 1 aromatic rings. The zero-order chi connectivity index (χ0) is 20.9. The Morgan fingerprint density at radius 3 is 2.55 bits per heavy atom. The molecule has 2 saturated heterocycles. The first-order valence-corrected chi connectivity index (χ1v) is 9.25. The number of hydrogen-bond acceptors (Lipinski definition) is 8. The first kappa shape index (κ1) is 19.1.